The first-order chi connectivity index (χ1) is 17.9. The SMILES string of the molecule is CCOc1ccc(C(c2ccccc2)N(NC(=O)C(O)(c2ccccc2)c2ccccc2)C(C)=O)cc1. The maximum atomic E-state index is 13.9. The maximum Gasteiger partial charge on any atom is 0.279 e. The molecule has 1 atom stereocenters. The Morgan fingerprint density at radius 3 is 1.70 bits per heavy atom. The normalized spacial score (nSPS) is 11.9. The molecule has 1 unspecified atom stereocenters. The number of hydrazine groups is 1. The van der Waals surface area contributed by atoms with Crippen molar-refractivity contribution >= 4 is 11.8 Å². The summed E-state index contributed by atoms with van der Waals surface area (Å²) in [4.78, 5) is 27.0. The molecule has 0 saturated carbocycles. The quantitative estimate of drug-likeness (QED) is 0.338. The van der Waals surface area contributed by atoms with Gasteiger partial charge in [-0.15, -0.1) is 0 Å². The number of aliphatic hydroxyl groups is 1. The van der Waals surface area contributed by atoms with E-state index in [0.717, 1.165) is 11.1 Å². The maximum absolute atomic E-state index is 13.9. The zero-order valence-electron chi connectivity index (χ0n) is 20.9. The topological polar surface area (TPSA) is 78.9 Å². The molecule has 0 aliphatic rings. The standard InChI is InChI=1S/C31H30N2O4/c1-3-37-28-21-19-25(20-22-28)29(24-13-7-4-8-14-24)33(23(2)34)32-30(35)31(36,26-15-9-5-10-16-26)27-17-11-6-12-18-27/h4-22,29,36H,3H2,1-2H3,(H,32,35). The van der Waals surface area contributed by atoms with Crippen molar-refractivity contribution in [2.24, 2.45) is 0 Å². The van der Waals surface area contributed by atoms with Gasteiger partial charge in [-0.25, -0.2) is 5.01 Å². The third-order valence-corrected chi connectivity index (χ3v) is 6.15. The van der Waals surface area contributed by atoms with Crippen LogP contribution in [0.5, 0.6) is 5.75 Å². The highest BCUT2D eigenvalue weighted by Gasteiger charge is 2.42. The fraction of sp³-hybridized carbons (Fsp3) is 0.161. The number of hydrogen-bond donors (Lipinski definition) is 2. The Morgan fingerprint density at radius 2 is 1.24 bits per heavy atom. The van der Waals surface area contributed by atoms with Crippen LogP contribution in [-0.4, -0.2) is 28.5 Å². The average molecular weight is 495 g/mol. The molecule has 188 valence electrons. The molecule has 0 aliphatic heterocycles. The highest BCUT2D eigenvalue weighted by Crippen LogP contribution is 2.33. The van der Waals surface area contributed by atoms with Crippen LogP contribution < -0.4 is 10.2 Å². The van der Waals surface area contributed by atoms with E-state index in [1.807, 2.05) is 73.7 Å². The monoisotopic (exact) mass is 494 g/mol. The summed E-state index contributed by atoms with van der Waals surface area (Å²) in [6.45, 7) is 3.83. The van der Waals surface area contributed by atoms with Crippen molar-refractivity contribution in [1.29, 1.82) is 0 Å². The lowest BCUT2D eigenvalue weighted by Crippen LogP contribution is -2.55. The summed E-state index contributed by atoms with van der Waals surface area (Å²) in [6.07, 6.45) is 0. The van der Waals surface area contributed by atoms with Crippen molar-refractivity contribution in [1.82, 2.24) is 10.4 Å². The Hall–Kier alpha value is -4.42. The summed E-state index contributed by atoms with van der Waals surface area (Å²) >= 11 is 0. The Bertz CT molecular complexity index is 1270. The molecule has 0 radical (unpaired) electrons. The molecule has 6 heteroatoms. The van der Waals surface area contributed by atoms with Gasteiger partial charge < -0.3 is 9.84 Å². The molecule has 0 aliphatic carbocycles. The number of carbonyl (C=O) groups is 2. The molecule has 0 spiro atoms. The van der Waals surface area contributed by atoms with Gasteiger partial charge >= 0.3 is 0 Å². The van der Waals surface area contributed by atoms with Crippen LogP contribution in [0, 0.1) is 0 Å². The van der Waals surface area contributed by atoms with E-state index in [-0.39, 0.29) is 5.91 Å². The van der Waals surface area contributed by atoms with Gasteiger partial charge in [0, 0.05) is 6.92 Å². The molecule has 0 heterocycles. The van der Waals surface area contributed by atoms with Crippen LogP contribution in [0.15, 0.2) is 115 Å². The van der Waals surface area contributed by atoms with E-state index >= 15 is 0 Å². The molecule has 0 aromatic heterocycles. The van der Waals surface area contributed by atoms with Crippen molar-refractivity contribution in [3.8, 4) is 5.75 Å². The predicted octanol–water partition coefficient (Wildman–Crippen LogP) is 4.99. The predicted molar refractivity (Wildman–Crippen MR) is 142 cm³/mol. The minimum absolute atomic E-state index is 0.388. The number of nitrogens with zero attached hydrogens (tertiary/aromatic N) is 1. The molecule has 0 fully saturated rings. The molecule has 2 amide bonds. The lowest BCUT2D eigenvalue weighted by atomic mass is 9.85. The Labute approximate surface area is 217 Å². The first-order valence-electron chi connectivity index (χ1n) is 12.2. The molecule has 4 rings (SSSR count). The third-order valence-electron chi connectivity index (χ3n) is 6.15. The molecule has 0 saturated heterocycles. The average Bonchev–Trinajstić information content (AvgIpc) is 2.94. The summed E-state index contributed by atoms with van der Waals surface area (Å²) in [5.41, 5.74) is 3.07. The van der Waals surface area contributed by atoms with Gasteiger partial charge in [0.25, 0.3) is 5.91 Å². The number of carbonyl (C=O) groups excluding carboxylic acids is 2. The van der Waals surface area contributed by atoms with Gasteiger partial charge in [-0.1, -0.05) is 103 Å². The third kappa shape index (κ3) is 5.55. The second-order valence-electron chi connectivity index (χ2n) is 8.59. The van der Waals surface area contributed by atoms with Gasteiger partial charge in [-0.3, -0.25) is 15.0 Å². The van der Waals surface area contributed by atoms with Gasteiger partial charge in [-0.2, -0.15) is 0 Å². The first kappa shape index (κ1) is 25.7. The van der Waals surface area contributed by atoms with Gasteiger partial charge in [0.15, 0.2) is 5.60 Å². The molecule has 37 heavy (non-hydrogen) atoms. The van der Waals surface area contributed by atoms with E-state index in [1.165, 1.54) is 11.9 Å². The Morgan fingerprint density at radius 1 is 0.784 bits per heavy atom. The Balaban J connectivity index is 1.77. The number of benzene rings is 4. The lowest BCUT2D eigenvalue weighted by Gasteiger charge is -2.36. The molecular formula is C31H30N2O4. The van der Waals surface area contributed by atoms with Gasteiger partial charge in [0.1, 0.15) is 11.8 Å². The molecule has 4 aromatic carbocycles. The summed E-state index contributed by atoms with van der Waals surface area (Å²) in [5.74, 6) is -0.425. The van der Waals surface area contributed by atoms with E-state index in [1.54, 1.807) is 48.5 Å². The Kier molecular flexibility index (Phi) is 8.01. The largest absolute Gasteiger partial charge is 0.494 e. The smallest absolute Gasteiger partial charge is 0.279 e. The van der Waals surface area contributed by atoms with Crippen molar-refractivity contribution in [3.05, 3.63) is 138 Å². The summed E-state index contributed by atoms with van der Waals surface area (Å²) in [7, 11) is 0. The highest BCUT2D eigenvalue weighted by atomic mass is 16.5. The number of nitrogens with one attached hydrogen (secondary N) is 1. The lowest BCUT2D eigenvalue weighted by molar-refractivity contribution is -0.150. The van der Waals surface area contributed by atoms with Crippen LogP contribution in [0.4, 0.5) is 0 Å². The van der Waals surface area contributed by atoms with E-state index in [2.05, 4.69) is 5.43 Å². The molecular weight excluding hydrogens is 464 g/mol. The summed E-state index contributed by atoms with van der Waals surface area (Å²) in [6, 6.07) is 33.6. The van der Waals surface area contributed by atoms with Gasteiger partial charge in [-0.05, 0) is 41.3 Å². The number of hydrogen-bond acceptors (Lipinski definition) is 4. The van der Waals surface area contributed by atoms with Crippen LogP contribution >= 0.6 is 0 Å². The second kappa shape index (κ2) is 11.5. The van der Waals surface area contributed by atoms with Crippen LogP contribution in [0.2, 0.25) is 0 Å². The minimum atomic E-state index is -2.03. The fourth-order valence-corrected chi connectivity index (χ4v) is 4.34. The van der Waals surface area contributed by atoms with E-state index in [0.29, 0.717) is 23.5 Å². The summed E-state index contributed by atoms with van der Waals surface area (Å²) in [5, 5.41) is 13.2. The zero-order valence-corrected chi connectivity index (χ0v) is 20.9. The zero-order chi connectivity index (χ0) is 26.3. The van der Waals surface area contributed by atoms with Gasteiger partial charge in [0.2, 0.25) is 5.91 Å². The second-order valence-corrected chi connectivity index (χ2v) is 8.59. The van der Waals surface area contributed by atoms with E-state index in [9.17, 15) is 14.7 Å². The van der Waals surface area contributed by atoms with Crippen LogP contribution in [0.1, 0.15) is 42.1 Å². The van der Waals surface area contributed by atoms with E-state index in [4.69, 9.17) is 4.74 Å². The molecule has 0 bridgehead atoms. The highest BCUT2D eigenvalue weighted by molar-refractivity contribution is 5.91. The van der Waals surface area contributed by atoms with E-state index < -0.39 is 17.6 Å². The first-order valence-corrected chi connectivity index (χ1v) is 12.2. The molecule has 2 N–H and O–H groups in total. The van der Waals surface area contributed by atoms with Gasteiger partial charge in [0.05, 0.1) is 6.61 Å². The fourth-order valence-electron chi connectivity index (χ4n) is 4.34. The molecule has 4 aromatic rings. The van der Waals surface area contributed by atoms with Crippen molar-refractivity contribution in [2.45, 2.75) is 25.5 Å². The minimum Gasteiger partial charge on any atom is -0.494 e. The van der Waals surface area contributed by atoms with Crippen LogP contribution in [-0.2, 0) is 15.2 Å². The van der Waals surface area contributed by atoms with Crippen molar-refractivity contribution in [3.63, 3.8) is 0 Å². The van der Waals surface area contributed by atoms with Crippen LogP contribution in [0.3, 0.4) is 0 Å². The number of ether oxygens (including phenoxy) is 1. The summed E-state index contributed by atoms with van der Waals surface area (Å²) < 4.78 is 5.58. The molecule has 6 nitrogen and oxygen atoms in total. The van der Waals surface area contributed by atoms with Crippen LogP contribution in [0.25, 0.3) is 0 Å². The number of rotatable bonds is 8. The van der Waals surface area contributed by atoms with Crippen molar-refractivity contribution in [2.75, 3.05) is 6.61 Å². The number of amides is 2. The van der Waals surface area contributed by atoms with Crippen molar-refractivity contribution < 1.29 is 19.4 Å².